The van der Waals surface area contributed by atoms with E-state index in [2.05, 4.69) is 20.4 Å². The van der Waals surface area contributed by atoms with Gasteiger partial charge in [-0.05, 0) is 18.2 Å². The molecule has 0 saturated heterocycles. The molecule has 0 aliphatic carbocycles. The average molecular weight is 184 g/mol. The van der Waals surface area contributed by atoms with E-state index in [9.17, 15) is 0 Å². The van der Waals surface area contributed by atoms with Crippen LogP contribution in [-0.2, 0) is 0 Å². The summed E-state index contributed by atoms with van der Waals surface area (Å²) >= 11 is 0. The summed E-state index contributed by atoms with van der Waals surface area (Å²) in [4.78, 5) is 3.15. The number of benzene rings is 1. The second kappa shape index (κ2) is 2.70. The van der Waals surface area contributed by atoms with Crippen molar-refractivity contribution in [3.8, 4) is 11.3 Å². The molecular weight excluding hydrogens is 176 g/mol. The Morgan fingerprint density at radius 3 is 2.86 bits per heavy atom. The molecule has 4 nitrogen and oxygen atoms in total. The van der Waals surface area contributed by atoms with Crippen LogP contribution in [0.1, 0.15) is 0 Å². The van der Waals surface area contributed by atoms with Gasteiger partial charge in [0.15, 0.2) is 0 Å². The molecule has 2 heterocycles. The molecule has 0 aliphatic rings. The number of hydrogen-bond acceptors (Lipinski definition) is 2. The van der Waals surface area contributed by atoms with E-state index in [0.29, 0.717) is 0 Å². The molecule has 0 bridgehead atoms. The maximum Gasteiger partial charge on any atom is 0.122 e. The van der Waals surface area contributed by atoms with Crippen molar-refractivity contribution in [2.75, 3.05) is 0 Å². The van der Waals surface area contributed by atoms with Crippen molar-refractivity contribution in [2.45, 2.75) is 0 Å². The molecular formula is C10H8N4. The fourth-order valence-electron chi connectivity index (χ4n) is 1.58. The number of hydrogen-bond donors (Lipinski definition) is 2. The van der Waals surface area contributed by atoms with Gasteiger partial charge < -0.3 is 4.98 Å². The number of nitrogens with one attached hydrogen (secondary N) is 2. The highest BCUT2D eigenvalue weighted by Crippen LogP contribution is 2.23. The van der Waals surface area contributed by atoms with Gasteiger partial charge in [-0.3, -0.25) is 0 Å². The zero-order chi connectivity index (χ0) is 9.38. The first-order valence-electron chi connectivity index (χ1n) is 4.38. The predicted molar refractivity (Wildman–Crippen MR) is 53.7 cm³/mol. The summed E-state index contributed by atoms with van der Waals surface area (Å²) in [7, 11) is 0. The summed E-state index contributed by atoms with van der Waals surface area (Å²) in [5.41, 5.74) is 3.91. The molecule has 14 heavy (non-hydrogen) atoms. The number of aromatic nitrogens is 4. The van der Waals surface area contributed by atoms with Crippen LogP contribution in [0.3, 0.4) is 0 Å². The molecule has 2 N–H and O–H groups in total. The minimum atomic E-state index is 0.886. The molecule has 3 aromatic rings. The van der Waals surface area contributed by atoms with Gasteiger partial charge in [0.2, 0.25) is 0 Å². The molecule has 2 aromatic heterocycles. The van der Waals surface area contributed by atoms with Crippen LogP contribution in [0.15, 0.2) is 36.5 Å². The lowest BCUT2D eigenvalue weighted by Crippen LogP contribution is -1.79. The van der Waals surface area contributed by atoms with Gasteiger partial charge in [0.25, 0.3) is 0 Å². The second-order valence-corrected chi connectivity index (χ2v) is 3.08. The Bertz CT molecular complexity index is 550. The molecule has 0 aliphatic heterocycles. The van der Waals surface area contributed by atoms with Crippen LogP contribution in [0, 0.1) is 0 Å². The summed E-state index contributed by atoms with van der Waals surface area (Å²) in [5.74, 6) is 0. The molecule has 0 fully saturated rings. The second-order valence-electron chi connectivity index (χ2n) is 3.08. The average Bonchev–Trinajstić information content (AvgIpc) is 2.88. The summed E-state index contributed by atoms with van der Waals surface area (Å²) in [6.45, 7) is 0. The highest BCUT2D eigenvalue weighted by molar-refractivity contribution is 5.89. The van der Waals surface area contributed by atoms with Crippen molar-refractivity contribution in [3.63, 3.8) is 0 Å². The van der Waals surface area contributed by atoms with E-state index in [1.54, 1.807) is 0 Å². The zero-order valence-corrected chi connectivity index (χ0v) is 7.36. The third-order valence-corrected chi connectivity index (χ3v) is 2.24. The van der Waals surface area contributed by atoms with E-state index in [0.717, 1.165) is 22.3 Å². The van der Waals surface area contributed by atoms with Crippen molar-refractivity contribution >= 4 is 11.0 Å². The summed E-state index contributed by atoms with van der Waals surface area (Å²) in [6, 6.07) is 9.92. The van der Waals surface area contributed by atoms with Gasteiger partial charge in [0, 0.05) is 17.5 Å². The van der Waals surface area contributed by atoms with Crippen molar-refractivity contribution in [1.82, 2.24) is 20.4 Å². The first-order valence-corrected chi connectivity index (χ1v) is 4.38. The summed E-state index contributed by atoms with van der Waals surface area (Å²) in [6.07, 6.45) is 1.90. The number of fused-ring (bicyclic) bond motifs is 1. The van der Waals surface area contributed by atoms with Gasteiger partial charge in [-0.2, -0.15) is 15.4 Å². The van der Waals surface area contributed by atoms with E-state index in [-0.39, 0.29) is 0 Å². The van der Waals surface area contributed by atoms with Gasteiger partial charge in [-0.25, -0.2) is 0 Å². The number of aromatic amines is 2. The van der Waals surface area contributed by atoms with Crippen LogP contribution in [0.4, 0.5) is 0 Å². The Morgan fingerprint density at radius 2 is 2.00 bits per heavy atom. The Morgan fingerprint density at radius 1 is 1.00 bits per heavy atom. The van der Waals surface area contributed by atoms with Gasteiger partial charge >= 0.3 is 0 Å². The molecule has 68 valence electrons. The number of H-pyrrole nitrogens is 2. The lowest BCUT2D eigenvalue weighted by Gasteiger charge is -1.97. The van der Waals surface area contributed by atoms with Crippen LogP contribution < -0.4 is 0 Å². The van der Waals surface area contributed by atoms with E-state index in [1.165, 1.54) is 0 Å². The largest absolute Gasteiger partial charge is 0.361 e. The monoisotopic (exact) mass is 184 g/mol. The van der Waals surface area contributed by atoms with Crippen LogP contribution in [-0.4, -0.2) is 20.4 Å². The van der Waals surface area contributed by atoms with Gasteiger partial charge in [0.05, 0.1) is 0 Å². The molecule has 0 amide bonds. The standard InChI is InChI=1S/C10H8N4/c1-3-7(8-5-2-6-11-8)10-9(4-1)12-14-13-10/h1-6,11H,(H,12,13,14). The van der Waals surface area contributed by atoms with E-state index < -0.39 is 0 Å². The highest BCUT2D eigenvalue weighted by atomic mass is 15.3. The summed E-state index contributed by atoms with van der Waals surface area (Å²) < 4.78 is 0. The van der Waals surface area contributed by atoms with Crippen molar-refractivity contribution in [2.24, 2.45) is 0 Å². The van der Waals surface area contributed by atoms with Gasteiger partial charge in [-0.15, -0.1) is 0 Å². The van der Waals surface area contributed by atoms with Crippen molar-refractivity contribution in [1.29, 1.82) is 0 Å². The van der Waals surface area contributed by atoms with Crippen LogP contribution >= 0.6 is 0 Å². The molecule has 0 atom stereocenters. The molecule has 4 heteroatoms. The fraction of sp³-hybridized carbons (Fsp3) is 0. The molecule has 0 unspecified atom stereocenters. The van der Waals surface area contributed by atoms with Gasteiger partial charge in [0.1, 0.15) is 11.0 Å². The van der Waals surface area contributed by atoms with Crippen LogP contribution in [0.5, 0.6) is 0 Å². The third-order valence-electron chi connectivity index (χ3n) is 2.24. The van der Waals surface area contributed by atoms with E-state index in [4.69, 9.17) is 0 Å². The Balaban J connectivity index is 2.36. The molecule has 0 radical (unpaired) electrons. The Kier molecular flexibility index (Phi) is 1.41. The molecule has 0 saturated carbocycles. The lowest BCUT2D eigenvalue weighted by molar-refractivity contribution is 0.959. The van der Waals surface area contributed by atoms with E-state index in [1.807, 2.05) is 36.5 Å². The normalized spacial score (nSPS) is 10.9. The molecule has 0 spiro atoms. The maximum absolute atomic E-state index is 4.12. The Labute approximate surface area is 80.0 Å². The molecule has 1 aromatic carbocycles. The van der Waals surface area contributed by atoms with Crippen LogP contribution in [0.2, 0.25) is 0 Å². The number of nitrogens with zero attached hydrogens (tertiary/aromatic N) is 2. The van der Waals surface area contributed by atoms with Crippen molar-refractivity contribution < 1.29 is 0 Å². The minimum Gasteiger partial charge on any atom is -0.361 e. The minimum absolute atomic E-state index is 0.886. The predicted octanol–water partition coefficient (Wildman–Crippen LogP) is 1.95. The highest BCUT2D eigenvalue weighted by Gasteiger charge is 2.06. The van der Waals surface area contributed by atoms with Crippen molar-refractivity contribution in [3.05, 3.63) is 36.5 Å². The number of rotatable bonds is 1. The fourth-order valence-corrected chi connectivity index (χ4v) is 1.58. The maximum atomic E-state index is 4.12. The van der Waals surface area contributed by atoms with E-state index >= 15 is 0 Å². The topological polar surface area (TPSA) is 57.4 Å². The first-order chi connectivity index (χ1) is 6.95. The zero-order valence-electron chi connectivity index (χ0n) is 7.36. The molecule has 3 rings (SSSR count). The van der Waals surface area contributed by atoms with Crippen LogP contribution in [0.25, 0.3) is 22.3 Å². The summed E-state index contributed by atoms with van der Waals surface area (Å²) in [5, 5.41) is 10.8. The first kappa shape index (κ1) is 7.32. The third kappa shape index (κ3) is 0.939. The lowest BCUT2D eigenvalue weighted by atomic mass is 10.1. The Hall–Kier alpha value is -2.10. The quantitative estimate of drug-likeness (QED) is 0.607. The number of para-hydroxylation sites is 1. The SMILES string of the molecule is c1c[nH]c(-c2cccc3n[nH]nc23)c1. The van der Waals surface area contributed by atoms with Gasteiger partial charge in [-0.1, -0.05) is 12.1 Å². The smallest absolute Gasteiger partial charge is 0.122 e.